The van der Waals surface area contributed by atoms with E-state index in [1.54, 1.807) is 6.07 Å². The average molecular weight is 399 g/mol. The molecule has 0 radical (unpaired) electrons. The highest BCUT2D eigenvalue weighted by molar-refractivity contribution is 8.14. The summed E-state index contributed by atoms with van der Waals surface area (Å²) in [5, 5.41) is 7.62. The third-order valence-electron chi connectivity index (χ3n) is 3.45. The van der Waals surface area contributed by atoms with E-state index in [1.807, 2.05) is 0 Å². The molecule has 3 rings (SSSR count). The van der Waals surface area contributed by atoms with E-state index in [0.29, 0.717) is 23.5 Å². The largest absolute Gasteiger partial charge is 0.418 e. The minimum Gasteiger partial charge on any atom is -0.258 e. The van der Waals surface area contributed by atoms with Crippen molar-refractivity contribution in [3.05, 3.63) is 54.1 Å². The fraction of sp³-hybridized carbons (Fsp3) is 0.188. The Morgan fingerprint density at radius 3 is 2.35 bits per heavy atom. The van der Waals surface area contributed by atoms with Crippen molar-refractivity contribution < 1.29 is 21.6 Å². The van der Waals surface area contributed by atoms with E-state index in [2.05, 4.69) is 15.2 Å². The predicted molar refractivity (Wildman–Crippen MR) is 92.6 cm³/mol. The zero-order valence-electron chi connectivity index (χ0n) is 13.1. The number of sulfone groups is 1. The van der Waals surface area contributed by atoms with E-state index >= 15 is 0 Å². The zero-order valence-corrected chi connectivity index (χ0v) is 14.8. The second-order valence-corrected chi connectivity index (χ2v) is 8.22. The molecule has 0 aliphatic carbocycles. The number of aliphatic imine (C=N–C) groups is 1. The first-order chi connectivity index (χ1) is 12.3. The molecule has 0 aromatic heterocycles. The smallest absolute Gasteiger partial charge is 0.258 e. The van der Waals surface area contributed by atoms with E-state index in [4.69, 9.17) is 0 Å². The normalized spacial score (nSPS) is 15.4. The Morgan fingerprint density at radius 2 is 1.73 bits per heavy atom. The Balaban J connectivity index is 2.05. The van der Waals surface area contributed by atoms with Crippen molar-refractivity contribution in [2.45, 2.75) is 16.0 Å². The lowest BCUT2D eigenvalue weighted by Crippen LogP contribution is -2.08. The second kappa shape index (κ2) is 7.20. The minimum absolute atomic E-state index is 0.0841. The number of thioether (sulfide) groups is 1. The molecule has 2 aromatic rings. The number of azo groups is 1. The molecular formula is C16H12F3N3O2S2. The van der Waals surface area contributed by atoms with Crippen LogP contribution < -0.4 is 0 Å². The molecule has 1 aliphatic rings. The van der Waals surface area contributed by atoms with Gasteiger partial charge in [0.05, 0.1) is 27.6 Å². The summed E-state index contributed by atoms with van der Waals surface area (Å²) in [6.07, 6.45) is -4.78. The maximum absolute atomic E-state index is 13.4. The predicted octanol–water partition coefficient (Wildman–Crippen LogP) is 4.72. The average Bonchev–Trinajstić information content (AvgIpc) is 3.13. The van der Waals surface area contributed by atoms with Crippen molar-refractivity contribution >= 4 is 32.5 Å². The number of halogens is 3. The SMILES string of the molecule is O=S(=O)(c1ccccc1)c1ccc(N=NC2=NCCS2)c(C(F)(F)F)c1. The molecule has 1 aliphatic heterocycles. The molecule has 136 valence electrons. The van der Waals surface area contributed by atoms with Gasteiger partial charge in [-0.25, -0.2) is 8.42 Å². The van der Waals surface area contributed by atoms with E-state index in [0.717, 1.165) is 12.1 Å². The van der Waals surface area contributed by atoms with Crippen molar-refractivity contribution in [2.24, 2.45) is 15.2 Å². The summed E-state index contributed by atoms with van der Waals surface area (Å²) in [6, 6.07) is 9.95. The number of amidine groups is 1. The van der Waals surface area contributed by atoms with Crippen LogP contribution >= 0.6 is 11.8 Å². The van der Waals surface area contributed by atoms with Crippen LogP contribution in [-0.4, -0.2) is 25.9 Å². The van der Waals surface area contributed by atoms with Crippen molar-refractivity contribution in [3.8, 4) is 0 Å². The molecule has 1 heterocycles. The molecule has 0 saturated heterocycles. The van der Waals surface area contributed by atoms with Crippen molar-refractivity contribution in [1.29, 1.82) is 0 Å². The monoisotopic (exact) mass is 399 g/mol. The molecule has 10 heteroatoms. The number of hydrogen-bond acceptors (Lipinski definition) is 6. The van der Waals surface area contributed by atoms with Gasteiger partial charge in [0, 0.05) is 5.75 Å². The number of nitrogens with zero attached hydrogens (tertiary/aromatic N) is 3. The van der Waals surface area contributed by atoms with Crippen molar-refractivity contribution in [3.63, 3.8) is 0 Å². The summed E-state index contributed by atoms with van der Waals surface area (Å²) in [6.45, 7) is 0.541. The van der Waals surface area contributed by atoms with Crippen LogP contribution in [0.4, 0.5) is 18.9 Å². The Hall–Kier alpha value is -2.20. The molecule has 0 amide bonds. The maximum atomic E-state index is 13.4. The van der Waals surface area contributed by atoms with E-state index < -0.39 is 32.2 Å². The minimum atomic E-state index is -4.78. The van der Waals surface area contributed by atoms with Gasteiger partial charge in [-0.1, -0.05) is 30.0 Å². The number of alkyl halides is 3. The lowest BCUT2D eigenvalue weighted by Gasteiger charge is -2.12. The lowest BCUT2D eigenvalue weighted by molar-refractivity contribution is -0.137. The van der Waals surface area contributed by atoms with Crippen LogP contribution in [0.5, 0.6) is 0 Å². The highest BCUT2D eigenvalue weighted by Gasteiger charge is 2.35. The van der Waals surface area contributed by atoms with Gasteiger partial charge >= 0.3 is 6.18 Å². The Bertz CT molecular complexity index is 972. The number of rotatable bonds is 3. The Labute approximate surface area is 152 Å². The fourth-order valence-electron chi connectivity index (χ4n) is 2.21. The van der Waals surface area contributed by atoms with Gasteiger partial charge in [0.15, 0.2) is 0 Å². The molecule has 0 spiro atoms. The van der Waals surface area contributed by atoms with Gasteiger partial charge in [0.1, 0.15) is 0 Å². The third kappa shape index (κ3) is 3.96. The number of benzene rings is 2. The molecule has 0 N–H and O–H groups in total. The van der Waals surface area contributed by atoms with Crippen LogP contribution in [0, 0.1) is 0 Å². The maximum Gasteiger partial charge on any atom is 0.418 e. The van der Waals surface area contributed by atoms with Crippen LogP contribution in [0.25, 0.3) is 0 Å². The Morgan fingerprint density at radius 1 is 1.00 bits per heavy atom. The van der Waals surface area contributed by atoms with Gasteiger partial charge in [-0.2, -0.15) is 13.2 Å². The Kier molecular flexibility index (Phi) is 5.15. The van der Waals surface area contributed by atoms with Crippen LogP contribution in [0.15, 0.2) is 73.5 Å². The molecule has 5 nitrogen and oxygen atoms in total. The summed E-state index contributed by atoms with van der Waals surface area (Å²) in [4.78, 5) is 3.44. The first-order valence-corrected chi connectivity index (χ1v) is 9.86. The van der Waals surface area contributed by atoms with Gasteiger partial charge in [-0.15, -0.1) is 10.2 Å². The molecule has 0 bridgehead atoms. The zero-order chi connectivity index (χ0) is 18.8. The van der Waals surface area contributed by atoms with Crippen LogP contribution in [0.3, 0.4) is 0 Å². The quantitative estimate of drug-likeness (QED) is 0.701. The first kappa shape index (κ1) is 18.6. The van der Waals surface area contributed by atoms with Gasteiger partial charge < -0.3 is 0 Å². The topological polar surface area (TPSA) is 71.2 Å². The molecule has 26 heavy (non-hydrogen) atoms. The fourth-order valence-corrected chi connectivity index (χ4v) is 4.17. The summed E-state index contributed by atoms with van der Waals surface area (Å²) < 4.78 is 65.3. The highest BCUT2D eigenvalue weighted by atomic mass is 32.2. The summed E-state index contributed by atoms with van der Waals surface area (Å²) in [5.74, 6) is 0.703. The van der Waals surface area contributed by atoms with Crippen molar-refractivity contribution in [1.82, 2.24) is 0 Å². The van der Waals surface area contributed by atoms with Gasteiger partial charge in [-0.05, 0) is 30.3 Å². The van der Waals surface area contributed by atoms with Crippen LogP contribution in [-0.2, 0) is 16.0 Å². The highest BCUT2D eigenvalue weighted by Crippen LogP contribution is 2.39. The third-order valence-corrected chi connectivity index (χ3v) is 6.07. The van der Waals surface area contributed by atoms with Crippen LogP contribution in [0.1, 0.15) is 5.56 Å². The van der Waals surface area contributed by atoms with Gasteiger partial charge in [0.25, 0.3) is 0 Å². The van der Waals surface area contributed by atoms with Gasteiger partial charge in [0.2, 0.25) is 15.0 Å². The van der Waals surface area contributed by atoms with Crippen molar-refractivity contribution in [2.75, 3.05) is 12.3 Å². The molecular weight excluding hydrogens is 387 g/mol. The number of hydrogen-bond donors (Lipinski definition) is 0. The lowest BCUT2D eigenvalue weighted by atomic mass is 10.2. The summed E-state index contributed by atoms with van der Waals surface area (Å²) >= 11 is 1.29. The summed E-state index contributed by atoms with van der Waals surface area (Å²) in [7, 11) is -4.07. The van der Waals surface area contributed by atoms with E-state index in [9.17, 15) is 21.6 Å². The second-order valence-electron chi connectivity index (χ2n) is 5.21. The first-order valence-electron chi connectivity index (χ1n) is 7.39. The summed E-state index contributed by atoms with van der Waals surface area (Å²) in [5.41, 5.74) is -1.62. The molecule has 2 aromatic carbocycles. The van der Waals surface area contributed by atoms with Gasteiger partial charge in [-0.3, -0.25) is 4.99 Å². The van der Waals surface area contributed by atoms with E-state index in [1.165, 1.54) is 36.0 Å². The molecule has 0 atom stereocenters. The van der Waals surface area contributed by atoms with Crippen LogP contribution in [0.2, 0.25) is 0 Å². The van der Waals surface area contributed by atoms with E-state index in [-0.39, 0.29) is 4.90 Å². The molecule has 0 fully saturated rings. The molecule has 0 unspecified atom stereocenters. The standard InChI is InChI=1S/C16H12F3N3O2S2/c17-16(18,19)13-10-12(26(23,24)11-4-2-1-3-5-11)6-7-14(13)21-22-15-20-8-9-25-15/h1-7,10H,8-9H2. The molecule has 0 saturated carbocycles.